The van der Waals surface area contributed by atoms with Gasteiger partial charge in [-0.05, 0) is 6.54 Å². The summed E-state index contributed by atoms with van der Waals surface area (Å²) in [6.45, 7) is 3.14. The van der Waals surface area contributed by atoms with E-state index in [0.717, 1.165) is 5.82 Å². The van der Waals surface area contributed by atoms with Crippen LogP contribution in [0.15, 0.2) is 6.33 Å². The van der Waals surface area contributed by atoms with Crippen molar-refractivity contribution in [2.24, 2.45) is 7.05 Å². The third-order valence-electron chi connectivity index (χ3n) is 1.98. The molecule has 14 heavy (non-hydrogen) atoms. The molecule has 0 saturated carbocycles. The molecular weight excluding hydrogens is 184 g/mol. The van der Waals surface area contributed by atoms with Crippen molar-refractivity contribution in [3.63, 3.8) is 0 Å². The predicted molar refractivity (Wildman–Crippen MR) is 49.6 cm³/mol. The van der Waals surface area contributed by atoms with Gasteiger partial charge in [-0.1, -0.05) is 6.92 Å². The molecule has 0 spiro atoms. The van der Waals surface area contributed by atoms with E-state index < -0.39 is 5.97 Å². The molecule has 0 aromatic carbocycles. The SMILES string of the molecule is CCN(CC(=O)O)Cc1ncnn1C. The summed E-state index contributed by atoms with van der Waals surface area (Å²) >= 11 is 0. The summed E-state index contributed by atoms with van der Waals surface area (Å²) in [5.74, 6) is -0.0536. The van der Waals surface area contributed by atoms with E-state index in [2.05, 4.69) is 10.1 Å². The van der Waals surface area contributed by atoms with Crippen LogP contribution in [-0.2, 0) is 18.4 Å². The molecule has 0 unspecified atom stereocenters. The van der Waals surface area contributed by atoms with Gasteiger partial charge < -0.3 is 5.11 Å². The number of carboxylic acid groups (broad SMARTS) is 1. The molecule has 1 aromatic heterocycles. The Labute approximate surface area is 82.2 Å². The first-order chi connectivity index (χ1) is 6.63. The van der Waals surface area contributed by atoms with Crippen LogP contribution >= 0.6 is 0 Å². The molecule has 0 saturated heterocycles. The van der Waals surface area contributed by atoms with Crippen molar-refractivity contribution >= 4 is 5.97 Å². The van der Waals surface area contributed by atoms with Crippen LogP contribution in [0, 0.1) is 0 Å². The molecule has 0 amide bonds. The topological polar surface area (TPSA) is 71.2 Å². The van der Waals surface area contributed by atoms with Gasteiger partial charge in [-0.15, -0.1) is 0 Å². The van der Waals surface area contributed by atoms with Gasteiger partial charge in [0.15, 0.2) is 0 Å². The molecular formula is C8H14N4O2. The second-order valence-corrected chi connectivity index (χ2v) is 3.00. The third-order valence-corrected chi connectivity index (χ3v) is 1.98. The predicted octanol–water partition coefficient (Wildman–Crippen LogP) is -0.278. The van der Waals surface area contributed by atoms with Gasteiger partial charge in [0.05, 0.1) is 13.1 Å². The standard InChI is InChI=1S/C8H14N4O2/c1-3-12(5-8(13)14)4-7-9-6-10-11(7)2/h6H,3-5H2,1-2H3,(H,13,14). The summed E-state index contributed by atoms with van der Waals surface area (Å²) in [5, 5.41) is 12.5. The van der Waals surface area contributed by atoms with E-state index in [0.29, 0.717) is 13.1 Å². The van der Waals surface area contributed by atoms with Crippen molar-refractivity contribution in [2.75, 3.05) is 13.1 Å². The first kappa shape index (κ1) is 10.6. The summed E-state index contributed by atoms with van der Waals surface area (Å²) in [4.78, 5) is 16.3. The Morgan fingerprint density at radius 2 is 2.43 bits per heavy atom. The monoisotopic (exact) mass is 198 g/mol. The molecule has 0 atom stereocenters. The minimum absolute atomic E-state index is 0.0311. The maximum absolute atomic E-state index is 10.5. The minimum atomic E-state index is -0.825. The van der Waals surface area contributed by atoms with Gasteiger partial charge in [-0.2, -0.15) is 5.10 Å². The maximum Gasteiger partial charge on any atom is 0.317 e. The number of aromatic nitrogens is 3. The highest BCUT2D eigenvalue weighted by molar-refractivity contribution is 5.69. The van der Waals surface area contributed by atoms with Gasteiger partial charge in [0.1, 0.15) is 12.2 Å². The van der Waals surface area contributed by atoms with E-state index in [1.165, 1.54) is 6.33 Å². The molecule has 0 bridgehead atoms. The lowest BCUT2D eigenvalue weighted by Gasteiger charge is -2.16. The van der Waals surface area contributed by atoms with Crippen LogP contribution in [0.4, 0.5) is 0 Å². The van der Waals surface area contributed by atoms with Crippen molar-refractivity contribution in [2.45, 2.75) is 13.5 Å². The lowest BCUT2D eigenvalue weighted by molar-refractivity contribution is -0.138. The van der Waals surface area contributed by atoms with E-state index in [-0.39, 0.29) is 6.54 Å². The Morgan fingerprint density at radius 1 is 1.71 bits per heavy atom. The molecule has 6 heteroatoms. The van der Waals surface area contributed by atoms with Crippen LogP contribution in [0.2, 0.25) is 0 Å². The highest BCUT2D eigenvalue weighted by Crippen LogP contribution is 1.98. The summed E-state index contributed by atoms with van der Waals surface area (Å²) < 4.78 is 1.64. The highest BCUT2D eigenvalue weighted by Gasteiger charge is 2.10. The molecule has 78 valence electrons. The summed E-state index contributed by atoms with van der Waals surface area (Å²) in [7, 11) is 1.79. The summed E-state index contributed by atoms with van der Waals surface area (Å²) in [6, 6.07) is 0. The highest BCUT2D eigenvalue weighted by atomic mass is 16.4. The lowest BCUT2D eigenvalue weighted by atomic mass is 10.4. The van der Waals surface area contributed by atoms with Crippen LogP contribution < -0.4 is 0 Å². The normalized spacial score (nSPS) is 10.8. The fourth-order valence-electron chi connectivity index (χ4n) is 1.13. The van der Waals surface area contributed by atoms with Crippen molar-refractivity contribution < 1.29 is 9.90 Å². The lowest BCUT2D eigenvalue weighted by Crippen LogP contribution is -2.30. The van der Waals surface area contributed by atoms with Crippen molar-refractivity contribution in [1.29, 1.82) is 0 Å². The number of aryl methyl sites for hydroxylation is 1. The zero-order valence-corrected chi connectivity index (χ0v) is 8.34. The molecule has 1 rings (SSSR count). The smallest absolute Gasteiger partial charge is 0.317 e. The number of rotatable bonds is 5. The largest absolute Gasteiger partial charge is 0.480 e. The van der Waals surface area contributed by atoms with E-state index in [9.17, 15) is 4.79 Å². The third kappa shape index (κ3) is 2.81. The zero-order valence-electron chi connectivity index (χ0n) is 8.34. The van der Waals surface area contributed by atoms with Crippen LogP contribution in [0.25, 0.3) is 0 Å². The van der Waals surface area contributed by atoms with Gasteiger partial charge in [0.2, 0.25) is 0 Å². The minimum Gasteiger partial charge on any atom is -0.480 e. The quantitative estimate of drug-likeness (QED) is 0.704. The first-order valence-corrected chi connectivity index (χ1v) is 4.40. The van der Waals surface area contributed by atoms with Gasteiger partial charge >= 0.3 is 5.97 Å². The van der Waals surface area contributed by atoms with Crippen LogP contribution in [0.1, 0.15) is 12.7 Å². The van der Waals surface area contributed by atoms with Gasteiger partial charge in [-0.3, -0.25) is 14.4 Å². The number of carbonyl (C=O) groups is 1. The summed E-state index contributed by atoms with van der Waals surface area (Å²) in [6.07, 6.45) is 1.46. The van der Waals surface area contributed by atoms with E-state index in [4.69, 9.17) is 5.11 Å². The van der Waals surface area contributed by atoms with Crippen LogP contribution in [0.3, 0.4) is 0 Å². The number of aliphatic carboxylic acids is 1. The number of hydrogen-bond acceptors (Lipinski definition) is 4. The van der Waals surface area contributed by atoms with Crippen molar-refractivity contribution in [3.05, 3.63) is 12.2 Å². The van der Waals surface area contributed by atoms with Crippen molar-refractivity contribution in [3.8, 4) is 0 Å². The molecule has 0 aliphatic carbocycles. The number of likely N-dealkylation sites (N-methyl/N-ethyl adjacent to an activating group) is 1. The summed E-state index contributed by atoms with van der Waals surface area (Å²) in [5.41, 5.74) is 0. The molecule has 1 N–H and O–H groups in total. The fourth-order valence-corrected chi connectivity index (χ4v) is 1.13. The van der Waals surface area contributed by atoms with E-state index in [1.807, 2.05) is 6.92 Å². The average molecular weight is 198 g/mol. The van der Waals surface area contributed by atoms with Crippen LogP contribution in [0.5, 0.6) is 0 Å². The fraction of sp³-hybridized carbons (Fsp3) is 0.625. The molecule has 1 heterocycles. The Balaban J connectivity index is 2.57. The molecule has 0 aliphatic heterocycles. The maximum atomic E-state index is 10.5. The molecule has 0 radical (unpaired) electrons. The Kier molecular flexibility index (Phi) is 3.58. The van der Waals surface area contributed by atoms with Gasteiger partial charge in [-0.25, -0.2) is 4.98 Å². The van der Waals surface area contributed by atoms with Crippen molar-refractivity contribution in [1.82, 2.24) is 19.7 Å². The molecule has 0 aliphatic rings. The molecule has 0 fully saturated rings. The number of carboxylic acids is 1. The van der Waals surface area contributed by atoms with Gasteiger partial charge in [0.25, 0.3) is 0 Å². The second kappa shape index (κ2) is 4.71. The molecule has 1 aromatic rings. The van der Waals surface area contributed by atoms with E-state index >= 15 is 0 Å². The second-order valence-electron chi connectivity index (χ2n) is 3.00. The van der Waals surface area contributed by atoms with E-state index in [1.54, 1.807) is 16.6 Å². The molecule has 6 nitrogen and oxygen atoms in total. The Bertz CT molecular complexity index is 310. The number of nitrogens with zero attached hydrogens (tertiary/aromatic N) is 4. The Morgan fingerprint density at radius 3 is 2.86 bits per heavy atom. The average Bonchev–Trinajstić information content (AvgIpc) is 2.50. The van der Waals surface area contributed by atoms with Crippen LogP contribution in [-0.4, -0.2) is 43.8 Å². The number of hydrogen-bond donors (Lipinski definition) is 1. The Hall–Kier alpha value is -1.43. The first-order valence-electron chi connectivity index (χ1n) is 4.40. The van der Waals surface area contributed by atoms with Gasteiger partial charge in [0, 0.05) is 7.05 Å². The zero-order chi connectivity index (χ0) is 10.6.